The maximum Gasteiger partial charge on any atom is 0.234 e. The number of fused-ring (bicyclic) bond motifs is 1. The minimum Gasteiger partial charge on any atom is -0.285 e. The number of benzene rings is 1. The third-order valence-electron chi connectivity index (χ3n) is 3.58. The molecule has 0 spiro atoms. The second-order valence-corrected chi connectivity index (χ2v) is 4.77. The number of aryl methyl sites for hydroxylation is 2. The summed E-state index contributed by atoms with van der Waals surface area (Å²) in [6.45, 7) is 6.26. The molecule has 0 saturated heterocycles. The van der Waals surface area contributed by atoms with Crippen molar-refractivity contribution in [2.75, 3.05) is 0 Å². The lowest BCUT2D eigenvalue weighted by Gasteiger charge is -2.10. The Bertz CT molecular complexity index is 718. The smallest absolute Gasteiger partial charge is 0.234 e. The third-order valence-corrected chi connectivity index (χ3v) is 3.58. The number of hydrogen-bond acceptors (Lipinski definition) is 2. The topological polar surface area (TPSA) is 30.7 Å². The molecule has 0 aliphatic rings. The zero-order valence-corrected chi connectivity index (χ0v) is 11.5. The Morgan fingerprint density at radius 3 is 2.37 bits per heavy atom. The van der Waals surface area contributed by atoms with Gasteiger partial charge in [-0.3, -0.25) is 4.57 Å². The van der Waals surface area contributed by atoms with Crippen molar-refractivity contribution in [2.45, 2.75) is 27.2 Å². The summed E-state index contributed by atoms with van der Waals surface area (Å²) < 4.78 is 2.05. The van der Waals surface area contributed by atoms with Crippen LogP contribution in [0.3, 0.4) is 0 Å². The van der Waals surface area contributed by atoms with Crippen LogP contribution in [0.4, 0.5) is 0 Å². The maximum absolute atomic E-state index is 4.65. The molecule has 96 valence electrons. The van der Waals surface area contributed by atoms with Crippen LogP contribution in [0.15, 0.2) is 36.5 Å². The van der Waals surface area contributed by atoms with Gasteiger partial charge in [-0.1, -0.05) is 25.1 Å². The Labute approximate surface area is 112 Å². The fourth-order valence-corrected chi connectivity index (χ4v) is 2.60. The lowest BCUT2D eigenvalue weighted by Crippen LogP contribution is -2.06. The van der Waals surface area contributed by atoms with E-state index < -0.39 is 0 Å². The number of rotatable bonds is 2. The monoisotopic (exact) mass is 251 g/mol. The van der Waals surface area contributed by atoms with E-state index >= 15 is 0 Å². The largest absolute Gasteiger partial charge is 0.285 e. The van der Waals surface area contributed by atoms with Gasteiger partial charge in [0.1, 0.15) is 0 Å². The van der Waals surface area contributed by atoms with Gasteiger partial charge in [-0.25, -0.2) is 9.97 Å². The quantitative estimate of drug-likeness (QED) is 0.696. The summed E-state index contributed by atoms with van der Waals surface area (Å²) >= 11 is 0. The van der Waals surface area contributed by atoms with Crippen LogP contribution in [-0.2, 0) is 6.42 Å². The molecular formula is C16H17N3. The van der Waals surface area contributed by atoms with E-state index in [1.54, 1.807) is 0 Å². The van der Waals surface area contributed by atoms with Gasteiger partial charge in [0.15, 0.2) is 0 Å². The first kappa shape index (κ1) is 11.9. The van der Waals surface area contributed by atoms with Crippen molar-refractivity contribution in [3.05, 3.63) is 53.5 Å². The molecule has 0 aliphatic carbocycles. The molecular weight excluding hydrogens is 234 g/mol. The van der Waals surface area contributed by atoms with Gasteiger partial charge in [0.05, 0.1) is 5.52 Å². The van der Waals surface area contributed by atoms with Gasteiger partial charge in [0, 0.05) is 23.0 Å². The molecule has 2 heterocycles. The minimum absolute atomic E-state index is 0.758. The van der Waals surface area contributed by atoms with Gasteiger partial charge in [0.2, 0.25) is 5.95 Å². The highest BCUT2D eigenvalue weighted by atomic mass is 15.1. The lowest BCUT2D eigenvalue weighted by molar-refractivity contribution is 0.883. The van der Waals surface area contributed by atoms with Gasteiger partial charge < -0.3 is 0 Å². The molecule has 0 unspecified atom stereocenters. The van der Waals surface area contributed by atoms with Crippen molar-refractivity contribution in [3.63, 3.8) is 0 Å². The van der Waals surface area contributed by atoms with Crippen molar-refractivity contribution < 1.29 is 0 Å². The van der Waals surface area contributed by atoms with Crippen molar-refractivity contribution in [3.8, 4) is 5.95 Å². The lowest BCUT2D eigenvalue weighted by atomic mass is 10.1. The first-order chi connectivity index (χ1) is 9.20. The Morgan fingerprint density at radius 2 is 1.68 bits per heavy atom. The summed E-state index contributed by atoms with van der Waals surface area (Å²) in [4.78, 5) is 9.30. The Morgan fingerprint density at radius 1 is 1.00 bits per heavy atom. The van der Waals surface area contributed by atoms with Crippen LogP contribution < -0.4 is 0 Å². The first-order valence-electron chi connectivity index (χ1n) is 6.61. The van der Waals surface area contributed by atoms with Crippen LogP contribution in [-0.4, -0.2) is 14.5 Å². The zero-order valence-electron chi connectivity index (χ0n) is 11.5. The van der Waals surface area contributed by atoms with E-state index in [-0.39, 0.29) is 0 Å². The third kappa shape index (κ3) is 1.91. The molecule has 0 N–H and O–H groups in total. The molecule has 0 fully saturated rings. The van der Waals surface area contributed by atoms with Gasteiger partial charge in [0.25, 0.3) is 0 Å². The molecule has 0 radical (unpaired) electrons. The molecule has 19 heavy (non-hydrogen) atoms. The number of para-hydroxylation sites is 1. The highest BCUT2D eigenvalue weighted by Gasteiger charge is 2.10. The molecule has 0 bridgehead atoms. The normalized spacial score (nSPS) is 11.1. The van der Waals surface area contributed by atoms with E-state index in [2.05, 4.69) is 53.5 Å². The molecule has 0 aliphatic heterocycles. The Kier molecular flexibility index (Phi) is 2.82. The summed E-state index contributed by atoms with van der Waals surface area (Å²) in [6, 6.07) is 10.4. The van der Waals surface area contributed by atoms with E-state index in [0.717, 1.165) is 29.3 Å². The summed E-state index contributed by atoms with van der Waals surface area (Å²) in [7, 11) is 0. The van der Waals surface area contributed by atoms with Gasteiger partial charge in [-0.05, 0) is 38.0 Å². The molecule has 0 atom stereocenters. The standard InChI is InChI=1S/C16H17N3/c1-4-14-11(2)17-16(18-12(14)3)19-10-9-13-7-5-6-8-15(13)19/h5-10H,4H2,1-3H3. The molecule has 3 heteroatoms. The zero-order chi connectivity index (χ0) is 13.4. The molecule has 3 rings (SSSR count). The molecule has 0 amide bonds. The fourth-order valence-electron chi connectivity index (χ4n) is 2.60. The van der Waals surface area contributed by atoms with Crippen molar-refractivity contribution in [1.82, 2.24) is 14.5 Å². The second kappa shape index (κ2) is 4.50. The molecule has 0 saturated carbocycles. The predicted octanol–water partition coefficient (Wildman–Crippen LogP) is 3.60. The summed E-state index contributed by atoms with van der Waals surface area (Å²) in [5.74, 6) is 0.758. The Hall–Kier alpha value is -2.16. The van der Waals surface area contributed by atoms with Crippen LogP contribution in [0.25, 0.3) is 16.9 Å². The van der Waals surface area contributed by atoms with Crippen molar-refractivity contribution in [2.24, 2.45) is 0 Å². The van der Waals surface area contributed by atoms with Crippen LogP contribution in [0, 0.1) is 13.8 Å². The van der Waals surface area contributed by atoms with Crippen molar-refractivity contribution in [1.29, 1.82) is 0 Å². The number of hydrogen-bond donors (Lipinski definition) is 0. The number of nitrogens with zero attached hydrogens (tertiary/aromatic N) is 3. The minimum atomic E-state index is 0.758. The van der Waals surface area contributed by atoms with Crippen LogP contribution in [0.2, 0.25) is 0 Å². The van der Waals surface area contributed by atoms with Crippen LogP contribution in [0.1, 0.15) is 23.9 Å². The van der Waals surface area contributed by atoms with Gasteiger partial charge >= 0.3 is 0 Å². The highest BCUT2D eigenvalue weighted by molar-refractivity contribution is 5.81. The van der Waals surface area contributed by atoms with E-state index in [0.29, 0.717) is 0 Å². The Balaban J connectivity index is 2.22. The molecule has 1 aromatic carbocycles. The summed E-state index contributed by atoms with van der Waals surface area (Å²) in [6.07, 6.45) is 3.01. The fraction of sp³-hybridized carbons (Fsp3) is 0.250. The predicted molar refractivity (Wildman–Crippen MR) is 77.7 cm³/mol. The highest BCUT2D eigenvalue weighted by Crippen LogP contribution is 2.20. The van der Waals surface area contributed by atoms with Gasteiger partial charge in [-0.15, -0.1) is 0 Å². The second-order valence-electron chi connectivity index (χ2n) is 4.77. The maximum atomic E-state index is 4.65. The molecule has 3 nitrogen and oxygen atoms in total. The van der Waals surface area contributed by atoms with E-state index in [1.807, 2.05) is 18.3 Å². The van der Waals surface area contributed by atoms with E-state index in [4.69, 9.17) is 0 Å². The molecule has 2 aromatic heterocycles. The van der Waals surface area contributed by atoms with Crippen LogP contribution in [0.5, 0.6) is 0 Å². The summed E-state index contributed by atoms with van der Waals surface area (Å²) in [5, 5.41) is 1.21. The van der Waals surface area contributed by atoms with E-state index in [9.17, 15) is 0 Å². The summed E-state index contributed by atoms with van der Waals surface area (Å²) in [5.41, 5.74) is 4.54. The van der Waals surface area contributed by atoms with Crippen LogP contribution >= 0.6 is 0 Å². The van der Waals surface area contributed by atoms with Gasteiger partial charge in [-0.2, -0.15) is 0 Å². The number of aromatic nitrogens is 3. The van der Waals surface area contributed by atoms with Crippen molar-refractivity contribution >= 4 is 10.9 Å². The van der Waals surface area contributed by atoms with E-state index in [1.165, 1.54) is 10.9 Å². The average Bonchev–Trinajstić information content (AvgIpc) is 2.82. The first-order valence-corrected chi connectivity index (χ1v) is 6.61. The SMILES string of the molecule is CCc1c(C)nc(-n2ccc3ccccc32)nc1C. The molecule has 3 aromatic rings. The average molecular weight is 251 g/mol.